The van der Waals surface area contributed by atoms with E-state index in [1.54, 1.807) is 0 Å². The molecule has 2 aliphatic rings. The predicted molar refractivity (Wildman–Crippen MR) is 116 cm³/mol. The van der Waals surface area contributed by atoms with Gasteiger partial charge in [0.1, 0.15) is 11.5 Å². The highest BCUT2D eigenvalue weighted by Gasteiger charge is 2.48. The molecule has 0 spiro atoms. The van der Waals surface area contributed by atoms with E-state index in [1.165, 1.54) is 0 Å². The third-order valence-electron chi connectivity index (χ3n) is 5.57. The van der Waals surface area contributed by atoms with Crippen LogP contribution >= 0.6 is 24.8 Å². The Hall–Kier alpha value is -0.840. The molecule has 0 aromatic carbocycles. The number of carbonyl (C=O) groups excluding carboxylic acids is 1. The molecule has 29 heavy (non-hydrogen) atoms. The minimum absolute atomic E-state index is 0. The minimum atomic E-state index is -3.53. The molecule has 0 bridgehead atoms. The Morgan fingerprint density at radius 3 is 2.38 bits per heavy atom. The van der Waals surface area contributed by atoms with E-state index in [1.807, 2.05) is 19.1 Å². The third-order valence-corrected chi connectivity index (χ3v) is 7.58. The smallest absolute Gasteiger partial charge is 0.241 e. The van der Waals surface area contributed by atoms with Gasteiger partial charge in [0, 0.05) is 25.9 Å². The fourth-order valence-corrected chi connectivity index (χ4v) is 5.23. The Morgan fingerprint density at radius 1 is 1.24 bits per heavy atom. The largest absolute Gasteiger partial charge is 0.465 e. The minimum Gasteiger partial charge on any atom is -0.465 e. The monoisotopic (exact) mass is 471 g/mol. The Morgan fingerprint density at radius 2 is 1.86 bits per heavy atom. The molecule has 0 saturated carbocycles. The second-order valence-corrected chi connectivity index (χ2v) is 9.66. The molecule has 0 radical (unpaired) electrons. The molecule has 2 fully saturated rings. The molecule has 1 aromatic heterocycles. The Balaban J connectivity index is 0.00000210. The number of nitrogens with one attached hydrogen (secondary N) is 2. The Bertz CT molecular complexity index is 759. The zero-order valence-electron chi connectivity index (χ0n) is 16.8. The quantitative estimate of drug-likeness (QED) is 0.639. The number of hydrogen-bond acceptors (Lipinski definition) is 7. The second-order valence-electron chi connectivity index (χ2n) is 7.34. The van der Waals surface area contributed by atoms with Crippen LogP contribution in [0.25, 0.3) is 0 Å². The number of rotatable bonds is 6. The van der Waals surface area contributed by atoms with Crippen molar-refractivity contribution >= 4 is 40.6 Å². The maximum absolute atomic E-state index is 13.0. The molecule has 11 heteroatoms. The molecule has 1 unspecified atom stereocenters. The number of ether oxygens (including phenoxy) is 1. The van der Waals surface area contributed by atoms with Crippen LogP contribution in [0.5, 0.6) is 0 Å². The Kier molecular flexibility index (Phi) is 9.91. The van der Waals surface area contributed by atoms with Crippen LogP contribution in [0.2, 0.25) is 0 Å². The average molecular weight is 472 g/mol. The number of nitrogens with zero attached hydrogens (tertiary/aromatic N) is 1. The van der Waals surface area contributed by atoms with E-state index < -0.39 is 20.5 Å². The second kappa shape index (κ2) is 11.0. The van der Waals surface area contributed by atoms with Crippen molar-refractivity contribution in [1.29, 1.82) is 0 Å². The predicted octanol–water partition coefficient (Wildman–Crippen LogP) is 1.09. The van der Waals surface area contributed by atoms with Crippen molar-refractivity contribution < 1.29 is 22.4 Å². The summed E-state index contributed by atoms with van der Waals surface area (Å²) in [6, 6.07) is 3.67. The number of furan rings is 1. The van der Waals surface area contributed by atoms with Crippen molar-refractivity contribution in [2.24, 2.45) is 0 Å². The number of morpholine rings is 1. The van der Waals surface area contributed by atoms with Crippen LogP contribution in [-0.2, 0) is 19.4 Å². The van der Waals surface area contributed by atoms with Gasteiger partial charge < -0.3 is 19.8 Å². The maximum Gasteiger partial charge on any atom is 0.241 e. The first-order chi connectivity index (χ1) is 12.8. The van der Waals surface area contributed by atoms with Crippen LogP contribution in [-0.4, -0.2) is 76.2 Å². The van der Waals surface area contributed by atoms with E-state index in [0.717, 1.165) is 30.9 Å². The average Bonchev–Trinajstić information content (AvgIpc) is 3.08. The maximum atomic E-state index is 13.0. The number of hydrogen-bond donors (Lipinski definition) is 2. The van der Waals surface area contributed by atoms with Gasteiger partial charge in [-0.1, -0.05) is 0 Å². The highest BCUT2D eigenvalue weighted by atomic mass is 35.5. The topological polar surface area (TPSA) is 101 Å². The molecule has 1 amide bonds. The highest BCUT2D eigenvalue weighted by molar-refractivity contribution is 7.92. The van der Waals surface area contributed by atoms with Crippen LogP contribution in [0.1, 0.15) is 30.4 Å². The first-order valence-electron chi connectivity index (χ1n) is 9.40. The number of sulfone groups is 1. The van der Waals surface area contributed by atoms with E-state index in [4.69, 9.17) is 9.15 Å². The summed E-state index contributed by atoms with van der Waals surface area (Å²) in [6.07, 6.45) is 1.74. The SMILES string of the molecule is Cc1ccc(C(CNC(=O)C2(S(C)(=O)=O)CCNCC2)N2CCOCC2)o1.Cl.Cl. The van der Waals surface area contributed by atoms with Crippen molar-refractivity contribution in [3.05, 3.63) is 23.7 Å². The molecule has 2 saturated heterocycles. The van der Waals surface area contributed by atoms with E-state index >= 15 is 0 Å². The molecule has 168 valence electrons. The van der Waals surface area contributed by atoms with Gasteiger partial charge in [0.15, 0.2) is 14.6 Å². The summed E-state index contributed by atoms with van der Waals surface area (Å²) < 4.78 is 34.7. The number of amides is 1. The van der Waals surface area contributed by atoms with Gasteiger partial charge in [0.05, 0.1) is 19.3 Å². The molecular formula is C18H31Cl2N3O5S. The number of aryl methyl sites for hydroxylation is 1. The molecule has 2 aliphatic heterocycles. The summed E-state index contributed by atoms with van der Waals surface area (Å²) in [5, 5.41) is 6.05. The van der Waals surface area contributed by atoms with Crippen molar-refractivity contribution in [3.8, 4) is 0 Å². The summed E-state index contributed by atoms with van der Waals surface area (Å²) in [7, 11) is -3.53. The van der Waals surface area contributed by atoms with Crippen molar-refractivity contribution in [2.75, 3.05) is 52.2 Å². The normalized spacial score (nSPS) is 20.8. The van der Waals surface area contributed by atoms with Crippen LogP contribution in [0, 0.1) is 6.92 Å². The van der Waals surface area contributed by atoms with Crippen LogP contribution < -0.4 is 10.6 Å². The first kappa shape index (κ1) is 26.2. The summed E-state index contributed by atoms with van der Waals surface area (Å²) >= 11 is 0. The standard InChI is InChI=1S/C18H29N3O5S.2ClH/c1-14-3-4-16(26-14)15(21-9-11-25-12-10-21)13-20-17(22)18(27(2,23)24)5-7-19-8-6-18;;/h3-4,15,19H,5-13H2,1-2H3,(H,20,22);2*1H. The lowest BCUT2D eigenvalue weighted by Crippen LogP contribution is -2.58. The van der Waals surface area contributed by atoms with E-state index in [9.17, 15) is 13.2 Å². The fourth-order valence-electron chi connectivity index (χ4n) is 3.88. The lowest BCUT2D eigenvalue weighted by molar-refractivity contribution is -0.124. The van der Waals surface area contributed by atoms with Gasteiger partial charge in [-0.15, -0.1) is 24.8 Å². The summed E-state index contributed by atoms with van der Waals surface area (Å²) in [5.41, 5.74) is 0. The van der Waals surface area contributed by atoms with Crippen molar-refractivity contribution in [1.82, 2.24) is 15.5 Å². The van der Waals surface area contributed by atoms with E-state index in [0.29, 0.717) is 45.7 Å². The van der Waals surface area contributed by atoms with Crippen molar-refractivity contribution in [3.63, 3.8) is 0 Å². The van der Waals surface area contributed by atoms with E-state index in [-0.39, 0.29) is 30.9 Å². The molecule has 8 nitrogen and oxygen atoms in total. The lowest BCUT2D eigenvalue weighted by atomic mass is 9.95. The highest BCUT2D eigenvalue weighted by Crippen LogP contribution is 2.29. The zero-order chi connectivity index (χ0) is 19.5. The third kappa shape index (κ3) is 5.86. The molecule has 1 atom stereocenters. The van der Waals surface area contributed by atoms with Gasteiger partial charge in [-0.05, 0) is 45.0 Å². The van der Waals surface area contributed by atoms with Crippen molar-refractivity contribution in [2.45, 2.75) is 30.6 Å². The molecule has 0 aliphatic carbocycles. The molecule has 2 N–H and O–H groups in total. The van der Waals surface area contributed by atoms with Crippen LogP contribution in [0.3, 0.4) is 0 Å². The van der Waals surface area contributed by atoms with Crippen LogP contribution in [0.4, 0.5) is 0 Å². The fraction of sp³-hybridized carbons (Fsp3) is 0.722. The number of carbonyl (C=O) groups is 1. The lowest BCUT2D eigenvalue weighted by Gasteiger charge is -2.36. The van der Waals surface area contributed by atoms with Gasteiger partial charge in [-0.3, -0.25) is 9.69 Å². The van der Waals surface area contributed by atoms with Gasteiger partial charge in [0.25, 0.3) is 0 Å². The number of halogens is 2. The zero-order valence-corrected chi connectivity index (χ0v) is 19.3. The number of piperidine rings is 1. The summed E-state index contributed by atoms with van der Waals surface area (Å²) in [4.78, 5) is 15.2. The first-order valence-corrected chi connectivity index (χ1v) is 11.3. The molecule has 3 heterocycles. The summed E-state index contributed by atoms with van der Waals surface area (Å²) in [5.74, 6) is 1.17. The van der Waals surface area contributed by atoms with E-state index in [2.05, 4.69) is 15.5 Å². The molecular weight excluding hydrogens is 441 g/mol. The van der Waals surface area contributed by atoms with Gasteiger partial charge in [0.2, 0.25) is 5.91 Å². The van der Waals surface area contributed by atoms with Gasteiger partial charge in [-0.25, -0.2) is 8.42 Å². The van der Waals surface area contributed by atoms with Crippen LogP contribution in [0.15, 0.2) is 16.5 Å². The summed E-state index contributed by atoms with van der Waals surface area (Å²) in [6.45, 7) is 5.95. The molecule has 3 rings (SSSR count). The Labute approximate surface area is 184 Å². The molecule has 1 aromatic rings. The van der Waals surface area contributed by atoms with Gasteiger partial charge in [-0.2, -0.15) is 0 Å². The van der Waals surface area contributed by atoms with Gasteiger partial charge >= 0.3 is 0 Å².